The second-order valence-electron chi connectivity index (χ2n) is 7.39. The molecule has 0 saturated heterocycles. The van der Waals surface area contributed by atoms with Gasteiger partial charge in [-0.05, 0) is 0 Å². The van der Waals surface area contributed by atoms with E-state index in [-0.39, 0.29) is 11.9 Å². The number of H-pyrrole nitrogens is 1. The number of nitrogens with zero attached hydrogens (tertiary/aromatic N) is 3. The molecule has 3 N–H and O–H groups in total. The molecule has 34 heavy (non-hydrogen) atoms. The first-order valence-corrected chi connectivity index (χ1v) is 12.6. The van der Waals surface area contributed by atoms with Gasteiger partial charge in [-0.3, -0.25) is 0 Å². The Labute approximate surface area is 210 Å². The van der Waals surface area contributed by atoms with Gasteiger partial charge in [0.05, 0.1) is 0 Å². The second-order valence-corrected chi connectivity index (χ2v) is 10.1. The van der Waals surface area contributed by atoms with Crippen molar-refractivity contribution in [2.75, 3.05) is 6.61 Å². The third kappa shape index (κ3) is 5.94. The summed E-state index contributed by atoms with van der Waals surface area (Å²) in [7, 11) is 0. The van der Waals surface area contributed by atoms with Gasteiger partial charge in [-0.2, -0.15) is 0 Å². The quantitative estimate of drug-likeness (QED) is 0.285. The minimum absolute atomic E-state index is 0.0967. The van der Waals surface area contributed by atoms with Gasteiger partial charge in [0.25, 0.3) is 0 Å². The third-order valence-electron chi connectivity index (χ3n) is 4.93. The number of aliphatic hydroxyl groups is 2. The fourth-order valence-corrected chi connectivity index (χ4v) is 5.29. The molecule has 0 aliphatic rings. The van der Waals surface area contributed by atoms with Crippen LogP contribution in [0.1, 0.15) is 35.1 Å². The van der Waals surface area contributed by atoms with Crippen LogP contribution in [-0.4, -0.2) is 37.9 Å². The first-order valence-electron chi connectivity index (χ1n) is 10.5. The molecule has 3 aromatic heterocycles. The van der Waals surface area contributed by atoms with Crippen LogP contribution in [-0.2, 0) is 0 Å². The van der Waals surface area contributed by atoms with Gasteiger partial charge in [0.1, 0.15) is 0 Å². The van der Waals surface area contributed by atoms with Gasteiger partial charge < -0.3 is 0 Å². The number of aryl methyl sites for hydroxylation is 1. The van der Waals surface area contributed by atoms with E-state index in [1.54, 1.807) is 36.4 Å². The molecule has 0 fully saturated rings. The van der Waals surface area contributed by atoms with E-state index in [0.29, 0.717) is 27.7 Å². The summed E-state index contributed by atoms with van der Waals surface area (Å²) >= 11 is 9.29. The average Bonchev–Trinajstić information content (AvgIpc) is 3.30. The first kappa shape index (κ1) is 24.6. The number of aromatic nitrogens is 3. The Morgan fingerprint density at radius 2 is 2.06 bits per heavy atom. The van der Waals surface area contributed by atoms with Crippen LogP contribution in [0.25, 0.3) is 0 Å². The van der Waals surface area contributed by atoms with Gasteiger partial charge in [-0.15, -0.1) is 0 Å². The summed E-state index contributed by atoms with van der Waals surface area (Å²) in [6, 6.07) is 13.3. The molecule has 1 aromatic carbocycles. The van der Waals surface area contributed by atoms with E-state index in [1.807, 2.05) is 43.3 Å². The van der Waals surface area contributed by atoms with Gasteiger partial charge in [-0.25, -0.2) is 0 Å². The summed E-state index contributed by atoms with van der Waals surface area (Å²) < 4.78 is 6.18. The molecule has 0 radical (unpaired) electrons. The molecule has 7 nitrogen and oxygen atoms in total. The van der Waals surface area contributed by atoms with E-state index in [2.05, 4.69) is 26.9 Å². The summed E-state index contributed by atoms with van der Waals surface area (Å²) in [6.45, 7) is 3.58. The van der Waals surface area contributed by atoms with Gasteiger partial charge in [0.15, 0.2) is 0 Å². The number of ether oxygens (including phenoxy) is 1. The van der Waals surface area contributed by atoms with E-state index in [1.165, 1.54) is 11.2 Å². The van der Waals surface area contributed by atoms with Crippen LogP contribution >= 0.6 is 34.5 Å². The number of aromatic amines is 1. The van der Waals surface area contributed by atoms with E-state index < -0.39 is 6.10 Å². The molecule has 4 aromatic rings. The van der Waals surface area contributed by atoms with Crippen LogP contribution < -0.4 is 9.54 Å². The number of benzene rings is 1. The zero-order valence-corrected chi connectivity index (χ0v) is 20.9. The number of nitrogens with one attached hydrogen (secondary N) is 1. The van der Waals surface area contributed by atoms with Crippen molar-refractivity contribution in [2.24, 2.45) is 4.99 Å². The Morgan fingerprint density at radius 3 is 2.82 bits per heavy atom. The number of aliphatic hydroxyl groups excluding tert-OH is 2. The van der Waals surface area contributed by atoms with Crippen LogP contribution in [0, 0.1) is 6.92 Å². The normalized spacial score (nSPS) is 13.5. The molecule has 11 heteroatoms. The molecular weight excluding hydrogens is 491 g/mol. The average molecular weight is 513 g/mol. The van der Waals surface area contributed by atoms with Crippen LogP contribution in [0.4, 0.5) is 5.82 Å². The second kappa shape index (κ2) is 11.3. The summed E-state index contributed by atoms with van der Waals surface area (Å²) in [4.78, 5) is 17.8. The SMILES string of the molecule is Cc1ncccc1Oc1cc(SC(C)c2ccccc2Cl)cnc1/N=c1/[nH]c(C(O)CO)bs1. The summed E-state index contributed by atoms with van der Waals surface area (Å²) in [5, 5.41) is 19.8. The molecule has 0 aliphatic heterocycles. The molecule has 0 aliphatic carbocycles. The van der Waals surface area contributed by atoms with Gasteiger partial charge >= 0.3 is 205 Å². The number of hydrogen-bond acceptors (Lipinski definition) is 8. The first-order chi connectivity index (χ1) is 16.4. The predicted octanol–water partition coefficient (Wildman–Crippen LogP) is 5.07. The molecule has 3 heterocycles. The van der Waals surface area contributed by atoms with E-state index >= 15 is 0 Å². The van der Waals surface area contributed by atoms with Crippen molar-refractivity contribution in [1.29, 1.82) is 0 Å². The maximum atomic E-state index is 9.85. The standard InChI is InChI=1S/C23H22BClN4O3S2/c1-13-19(8-5-9-26-13)32-20-10-15(33-14(2)16-6-3-4-7-17(16)25)11-27-22(20)29-23-28-21(24-34-23)18(31)12-30/h3-11,14,18,30-31H,12H2,1-2H3,(H,27,28,29). The Hall–Kier alpha value is -2.50. The van der Waals surface area contributed by atoms with E-state index in [9.17, 15) is 10.2 Å². The summed E-state index contributed by atoms with van der Waals surface area (Å²) in [5.41, 5.74) is 2.27. The summed E-state index contributed by atoms with van der Waals surface area (Å²) in [6.07, 6.45) is 4.17. The van der Waals surface area contributed by atoms with E-state index in [0.717, 1.165) is 21.2 Å². The fraction of sp³-hybridized carbons (Fsp3) is 0.217. The minimum atomic E-state index is -0.994. The van der Waals surface area contributed by atoms with Crippen molar-refractivity contribution in [3.63, 3.8) is 0 Å². The molecule has 4 rings (SSSR count). The molecule has 2 unspecified atom stereocenters. The summed E-state index contributed by atoms with van der Waals surface area (Å²) in [5.74, 6) is 1.45. The Morgan fingerprint density at radius 1 is 1.24 bits per heavy atom. The Kier molecular flexibility index (Phi) is 8.17. The fourth-order valence-electron chi connectivity index (χ4n) is 3.12. The Balaban J connectivity index is 1.69. The third-order valence-corrected chi connectivity index (χ3v) is 7.17. The van der Waals surface area contributed by atoms with Crippen LogP contribution in [0.15, 0.2) is 64.7 Å². The number of pyridine rings is 2. The maximum absolute atomic E-state index is 9.85. The molecule has 0 bridgehead atoms. The van der Waals surface area contributed by atoms with E-state index in [4.69, 9.17) is 16.3 Å². The van der Waals surface area contributed by atoms with Gasteiger partial charge in [0, 0.05) is 0 Å². The number of halogens is 1. The predicted molar refractivity (Wildman–Crippen MR) is 136 cm³/mol. The van der Waals surface area contributed by atoms with Gasteiger partial charge in [0.2, 0.25) is 0 Å². The van der Waals surface area contributed by atoms with Crippen molar-refractivity contribution in [3.05, 3.63) is 81.5 Å². The van der Waals surface area contributed by atoms with Crippen molar-refractivity contribution in [1.82, 2.24) is 15.0 Å². The molecule has 2 atom stereocenters. The molecule has 0 spiro atoms. The van der Waals surface area contributed by atoms with Crippen LogP contribution in [0.3, 0.4) is 0 Å². The zero-order valence-electron chi connectivity index (χ0n) is 18.5. The van der Waals surface area contributed by atoms with Crippen molar-refractivity contribution >= 4 is 46.5 Å². The van der Waals surface area contributed by atoms with Crippen molar-refractivity contribution < 1.29 is 14.9 Å². The topological polar surface area (TPSA) is 104 Å². The van der Waals surface area contributed by atoms with Crippen molar-refractivity contribution in [2.45, 2.75) is 30.1 Å². The molecule has 0 amide bonds. The monoisotopic (exact) mass is 512 g/mol. The molecular formula is C23H22BClN4O3S2. The number of rotatable bonds is 8. The number of hydrogen-bond donors (Lipinski definition) is 3. The molecule has 0 saturated carbocycles. The zero-order chi connectivity index (χ0) is 24.1. The molecule has 174 valence electrons. The van der Waals surface area contributed by atoms with Crippen LogP contribution in [0.2, 0.25) is 5.02 Å². The van der Waals surface area contributed by atoms with Crippen LogP contribution in [0.5, 0.6) is 11.5 Å². The number of thioether (sulfide) groups is 1. The Bertz CT molecular complexity index is 1350. The van der Waals surface area contributed by atoms with Crippen molar-refractivity contribution in [3.8, 4) is 11.5 Å². The van der Waals surface area contributed by atoms with Gasteiger partial charge in [-0.1, -0.05) is 6.07 Å².